The van der Waals surface area contributed by atoms with Gasteiger partial charge in [-0.2, -0.15) is 5.26 Å². The minimum atomic E-state index is -0.193. The van der Waals surface area contributed by atoms with Crippen LogP contribution in [0, 0.1) is 11.3 Å². The van der Waals surface area contributed by atoms with Crippen LogP contribution in [0.15, 0.2) is 9.95 Å². The largest absolute Gasteiger partial charge is 0.334 e. The molecule has 0 spiro atoms. The lowest BCUT2D eigenvalue weighted by atomic mass is 9.88. The maximum absolute atomic E-state index is 12.5. The molecule has 0 unspecified atom stereocenters. The van der Waals surface area contributed by atoms with E-state index in [2.05, 4.69) is 11.9 Å². The van der Waals surface area contributed by atoms with E-state index in [9.17, 15) is 4.79 Å². The molecule has 1 aliphatic rings. The third kappa shape index (κ3) is 2.00. The zero-order valence-corrected chi connectivity index (χ0v) is 12.7. The van der Waals surface area contributed by atoms with Gasteiger partial charge in [0.15, 0.2) is 5.16 Å². The van der Waals surface area contributed by atoms with Crippen LogP contribution >= 0.6 is 23.1 Å². The number of hydrogen-bond acceptors (Lipinski definition) is 6. The van der Waals surface area contributed by atoms with E-state index in [1.807, 2.05) is 6.07 Å². The number of thiophene rings is 1. The van der Waals surface area contributed by atoms with E-state index < -0.39 is 0 Å². The maximum atomic E-state index is 12.5. The van der Waals surface area contributed by atoms with Crippen LogP contribution in [0.1, 0.15) is 36.1 Å². The zero-order valence-electron chi connectivity index (χ0n) is 11.0. The van der Waals surface area contributed by atoms with Crippen molar-refractivity contribution < 1.29 is 0 Å². The summed E-state index contributed by atoms with van der Waals surface area (Å²) < 4.78 is 1.08. The highest BCUT2D eigenvalue weighted by molar-refractivity contribution is 7.99. The summed E-state index contributed by atoms with van der Waals surface area (Å²) in [5.41, 5.74) is 0.950. The molecule has 7 heteroatoms. The van der Waals surface area contributed by atoms with Crippen LogP contribution in [-0.2, 0) is 6.42 Å². The van der Waals surface area contributed by atoms with E-state index in [-0.39, 0.29) is 11.3 Å². The molecule has 0 fully saturated rings. The topological polar surface area (TPSA) is 84.7 Å². The first-order valence-corrected chi connectivity index (χ1v) is 8.26. The van der Waals surface area contributed by atoms with Crippen LogP contribution < -0.4 is 11.4 Å². The van der Waals surface area contributed by atoms with E-state index in [0.29, 0.717) is 16.5 Å². The Morgan fingerprint density at radius 1 is 1.65 bits per heavy atom. The summed E-state index contributed by atoms with van der Waals surface area (Å²) in [6.07, 6.45) is 3.28. The third-order valence-electron chi connectivity index (χ3n) is 3.64. The van der Waals surface area contributed by atoms with Gasteiger partial charge in [-0.3, -0.25) is 4.79 Å². The number of nitrogen functional groups attached to an aromatic ring is 1. The van der Waals surface area contributed by atoms with Crippen molar-refractivity contribution in [1.29, 1.82) is 5.26 Å². The number of nitrogens with zero attached hydrogens (tertiary/aromatic N) is 3. The average molecular weight is 306 g/mol. The van der Waals surface area contributed by atoms with Gasteiger partial charge in [0.1, 0.15) is 4.83 Å². The molecule has 104 valence electrons. The highest BCUT2D eigenvalue weighted by Crippen LogP contribution is 2.40. The van der Waals surface area contributed by atoms with Crippen molar-refractivity contribution in [3.05, 3.63) is 20.8 Å². The van der Waals surface area contributed by atoms with Crippen molar-refractivity contribution >= 4 is 33.3 Å². The predicted molar refractivity (Wildman–Crippen MR) is 81.7 cm³/mol. The Morgan fingerprint density at radius 3 is 3.20 bits per heavy atom. The summed E-state index contributed by atoms with van der Waals surface area (Å²) in [6.45, 7) is 2.16. The Hall–Kier alpha value is -1.52. The molecule has 0 saturated carbocycles. The van der Waals surface area contributed by atoms with E-state index >= 15 is 0 Å². The van der Waals surface area contributed by atoms with Crippen LogP contribution in [0.5, 0.6) is 0 Å². The number of nitrogens with two attached hydrogens (primary N) is 1. The second-order valence-corrected chi connectivity index (χ2v) is 6.95. The van der Waals surface area contributed by atoms with Crippen molar-refractivity contribution in [1.82, 2.24) is 9.66 Å². The van der Waals surface area contributed by atoms with Gasteiger partial charge in [0.2, 0.25) is 0 Å². The molecule has 0 radical (unpaired) electrons. The summed E-state index contributed by atoms with van der Waals surface area (Å²) in [4.78, 5) is 19.0. The molecule has 2 heterocycles. The quantitative estimate of drug-likeness (QED) is 0.522. The molecule has 0 bridgehead atoms. The fourth-order valence-electron chi connectivity index (χ4n) is 2.73. The summed E-state index contributed by atoms with van der Waals surface area (Å²) in [7, 11) is 0. The lowest BCUT2D eigenvalue weighted by molar-refractivity contribution is 0.601. The van der Waals surface area contributed by atoms with Crippen LogP contribution in [0.25, 0.3) is 10.2 Å². The molecule has 1 aliphatic carbocycles. The molecule has 20 heavy (non-hydrogen) atoms. The minimum Gasteiger partial charge on any atom is -0.334 e. The van der Waals surface area contributed by atoms with Gasteiger partial charge in [0, 0.05) is 4.88 Å². The fourth-order valence-corrected chi connectivity index (χ4v) is 4.68. The second kappa shape index (κ2) is 5.11. The first-order chi connectivity index (χ1) is 9.63. The third-order valence-corrected chi connectivity index (χ3v) is 5.62. The summed E-state index contributed by atoms with van der Waals surface area (Å²) >= 11 is 2.79. The Bertz CT molecular complexity index is 771. The Kier molecular flexibility index (Phi) is 3.44. The lowest BCUT2D eigenvalue weighted by Crippen LogP contribution is -2.30. The molecule has 0 aliphatic heterocycles. The molecule has 5 nitrogen and oxygen atoms in total. The van der Waals surface area contributed by atoms with E-state index in [4.69, 9.17) is 11.1 Å². The summed E-state index contributed by atoms with van der Waals surface area (Å²) in [5, 5.41) is 9.74. The smallest absolute Gasteiger partial charge is 0.281 e. The van der Waals surface area contributed by atoms with Gasteiger partial charge in [-0.05, 0) is 30.7 Å². The number of thioether (sulfide) groups is 1. The molecule has 1 atom stereocenters. The van der Waals surface area contributed by atoms with Gasteiger partial charge in [-0.15, -0.1) is 11.3 Å². The Labute approximate surface area is 124 Å². The van der Waals surface area contributed by atoms with E-state index in [1.54, 1.807) is 11.3 Å². The van der Waals surface area contributed by atoms with E-state index in [0.717, 1.165) is 34.3 Å². The fraction of sp³-hybridized carbons (Fsp3) is 0.462. The standard InChI is InChI=1S/C13H14N4OS2/c1-7-3-2-4-8-9(7)10-11(20-8)16-13(19-6-5-14)17(15)12(10)18/h7H,2-4,6,15H2,1H3/t7-/m0/s1. The number of nitriles is 1. The number of hydrogen-bond donors (Lipinski definition) is 1. The monoisotopic (exact) mass is 306 g/mol. The highest BCUT2D eigenvalue weighted by Gasteiger charge is 2.25. The molecule has 2 aromatic rings. The maximum Gasteiger partial charge on any atom is 0.281 e. The first-order valence-electron chi connectivity index (χ1n) is 6.46. The lowest BCUT2D eigenvalue weighted by Gasteiger charge is -2.18. The highest BCUT2D eigenvalue weighted by atomic mass is 32.2. The van der Waals surface area contributed by atoms with Crippen LogP contribution in [0.3, 0.4) is 0 Å². The number of fused-ring (bicyclic) bond motifs is 3. The molecule has 0 aromatic carbocycles. The molecule has 0 saturated heterocycles. The predicted octanol–water partition coefficient (Wildman–Crippen LogP) is 2.23. The number of rotatable bonds is 2. The SMILES string of the molecule is C[C@H]1CCCc2sc3nc(SCC#N)n(N)c(=O)c3c21. The van der Waals surface area contributed by atoms with Crippen molar-refractivity contribution in [2.75, 3.05) is 11.6 Å². The molecule has 2 aromatic heterocycles. The summed E-state index contributed by atoms with van der Waals surface area (Å²) in [5.74, 6) is 6.46. The number of aryl methyl sites for hydroxylation is 1. The van der Waals surface area contributed by atoms with Crippen LogP contribution in [0.2, 0.25) is 0 Å². The Balaban J connectivity index is 2.25. The molecule has 0 amide bonds. The van der Waals surface area contributed by atoms with Gasteiger partial charge in [0.05, 0.1) is 17.2 Å². The van der Waals surface area contributed by atoms with Gasteiger partial charge >= 0.3 is 0 Å². The van der Waals surface area contributed by atoms with Crippen molar-refractivity contribution in [2.24, 2.45) is 0 Å². The summed E-state index contributed by atoms with van der Waals surface area (Å²) in [6, 6.07) is 2.02. The van der Waals surface area contributed by atoms with E-state index in [1.165, 1.54) is 16.6 Å². The Morgan fingerprint density at radius 2 is 2.45 bits per heavy atom. The van der Waals surface area contributed by atoms with Gasteiger partial charge < -0.3 is 5.84 Å². The van der Waals surface area contributed by atoms with Gasteiger partial charge in [-0.25, -0.2) is 9.66 Å². The normalized spacial score (nSPS) is 17.9. The molecular formula is C13H14N4OS2. The average Bonchev–Trinajstić information content (AvgIpc) is 2.81. The van der Waals surface area contributed by atoms with Gasteiger partial charge in [-0.1, -0.05) is 18.7 Å². The first kappa shape index (κ1) is 13.5. The van der Waals surface area contributed by atoms with Crippen molar-refractivity contribution in [2.45, 2.75) is 37.3 Å². The molecule has 3 rings (SSSR count). The zero-order chi connectivity index (χ0) is 14.3. The van der Waals surface area contributed by atoms with Crippen LogP contribution in [-0.4, -0.2) is 15.4 Å². The van der Waals surface area contributed by atoms with Gasteiger partial charge in [0.25, 0.3) is 5.56 Å². The van der Waals surface area contributed by atoms with Crippen molar-refractivity contribution in [3.63, 3.8) is 0 Å². The second-order valence-electron chi connectivity index (χ2n) is 4.93. The van der Waals surface area contributed by atoms with Crippen LogP contribution in [0.4, 0.5) is 0 Å². The van der Waals surface area contributed by atoms with Crippen molar-refractivity contribution in [3.8, 4) is 6.07 Å². The minimum absolute atomic E-state index is 0.193. The molecular weight excluding hydrogens is 292 g/mol. The molecule has 2 N–H and O–H groups in total. The number of aromatic nitrogens is 2.